The molecule has 0 saturated heterocycles. The molecule has 162 valence electrons. The smallest absolute Gasteiger partial charge is 0.307 e. The molecular formula is C22H21ClN2O6. The van der Waals surface area contributed by atoms with E-state index in [9.17, 15) is 24.5 Å². The number of fused-ring (bicyclic) bond motifs is 1. The average molecular weight is 445 g/mol. The van der Waals surface area contributed by atoms with Gasteiger partial charge in [-0.25, -0.2) is 0 Å². The van der Waals surface area contributed by atoms with E-state index in [1.807, 2.05) is 12.1 Å². The second kappa shape index (κ2) is 9.70. The maximum atomic E-state index is 12.4. The standard InChI is InChI=1S/C22H21ClN2O6/c1-13(22(28)24-19-12-17(25(29)30)7-8-18(19)23)31-21(27)10-9-20(26)16-6-5-14-3-2-4-15(14)11-16/h5-8,11-13H,2-4,9-10H2,1H3,(H,24,28)/t13-/m0/s1. The van der Waals surface area contributed by atoms with E-state index in [4.69, 9.17) is 16.3 Å². The van der Waals surface area contributed by atoms with Crippen LogP contribution in [0.3, 0.4) is 0 Å². The fourth-order valence-corrected chi connectivity index (χ4v) is 3.54. The van der Waals surface area contributed by atoms with Gasteiger partial charge in [-0.2, -0.15) is 0 Å². The molecule has 8 nitrogen and oxygen atoms in total. The zero-order valence-corrected chi connectivity index (χ0v) is 17.6. The number of anilines is 1. The van der Waals surface area contributed by atoms with Crippen LogP contribution in [0.1, 0.15) is 47.7 Å². The summed E-state index contributed by atoms with van der Waals surface area (Å²) in [5.41, 5.74) is 2.81. The molecule has 0 bridgehead atoms. The Bertz CT molecular complexity index is 1050. The lowest BCUT2D eigenvalue weighted by Crippen LogP contribution is -2.30. The molecule has 0 radical (unpaired) electrons. The van der Waals surface area contributed by atoms with Crippen molar-refractivity contribution in [1.82, 2.24) is 0 Å². The topological polar surface area (TPSA) is 116 Å². The molecule has 1 amide bonds. The van der Waals surface area contributed by atoms with E-state index in [2.05, 4.69) is 5.32 Å². The van der Waals surface area contributed by atoms with Crippen LogP contribution in [0.15, 0.2) is 36.4 Å². The van der Waals surface area contributed by atoms with Crippen molar-refractivity contribution in [1.29, 1.82) is 0 Å². The molecule has 0 aromatic heterocycles. The van der Waals surface area contributed by atoms with Gasteiger partial charge in [0.15, 0.2) is 11.9 Å². The highest BCUT2D eigenvalue weighted by Gasteiger charge is 2.21. The van der Waals surface area contributed by atoms with Crippen LogP contribution >= 0.6 is 11.6 Å². The number of nitro groups is 1. The molecule has 1 aliphatic rings. The minimum atomic E-state index is -1.17. The minimum Gasteiger partial charge on any atom is -0.453 e. The number of ketones is 1. The van der Waals surface area contributed by atoms with Crippen molar-refractivity contribution in [2.45, 2.75) is 45.1 Å². The molecule has 2 aromatic carbocycles. The lowest BCUT2D eigenvalue weighted by atomic mass is 10.0. The zero-order chi connectivity index (χ0) is 22.5. The highest BCUT2D eigenvalue weighted by molar-refractivity contribution is 6.33. The number of hydrogen-bond donors (Lipinski definition) is 1. The molecule has 2 aromatic rings. The molecule has 1 N–H and O–H groups in total. The maximum Gasteiger partial charge on any atom is 0.307 e. The molecule has 1 atom stereocenters. The Kier molecular flexibility index (Phi) is 7.02. The van der Waals surface area contributed by atoms with Crippen molar-refractivity contribution in [3.8, 4) is 0 Å². The number of benzene rings is 2. The quantitative estimate of drug-likeness (QED) is 0.281. The largest absolute Gasteiger partial charge is 0.453 e. The number of ether oxygens (including phenoxy) is 1. The zero-order valence-electron chi connectivity index (χ0n) is 16.9. The predicted molar refractivity (Wildman–Crippen MR) is 114 cm³/mol. The van der Waals surface area contributed by atoms with Gasteiger partial charge in [-0.1, -0.05) is 23.7 Å². The Morgan fingerprint density at radius 1 is 1.13 bits per heavy atom. The Balaban J connectivity index is 1.51. The summed E-state index contributed by atoms with van der Waals surface area (Å²) in [5, 5.41) is 13.4. The third-order valence-electron chi connectivity index (χ3n) is 5.07. The SMILES string of the molecule is C[C@H](OC(=O)CCC(=O)c1ccc2c(c1)CCC2)C(=O)Nc1cc([N+](=O)[O-])ccc1Cl. The van der Waals surface area contributed by atoms with Crippen molar-refractivity contribution in [2.75, 3.05) is 5.32 Å². The summed E-state index contributed by atoms with van der Waals surface area (Å²) < 4.78 is 5.08. The molecule has 31 heavy (non-hydrogen) atoms. The highest BCUT2D eigenvalue weighted by Crippen LogP contribution is 2.27. The van der Waals surface area contributed by atoms with Crippen LogP contribution in [0.25, 0.3) is 0 Å². The van der Waals surface area contributed by atoms with Crippen LogP contribution in [0, 0.1) is 10.1 Å². The molecule has 0 heterocycles. The van der Waals surface area contributed by atoms with Gasteiger partial charge in [0.1, 0.15) is 0 Å². The van der Waals surface area contributed by atoms with Crippen molar-refractivity contribution < 1.29 is 24.0 Å². The summed E-state index contributed by atoms with van der Waals surface area (Å²) in [6, 6.07) is 9.23. The molecule has 0 unspecified atom stereocenters. The van der Waals surface area contributed by atoms with Gasteiger partial charge in [0, 0.05) is 24.1 Å². The average Bonchev–Trinajstić information content (AvgIpc) is 3.21. The third kappa shape index (κ3) is 5.67. The number of non-ortho nitro benzene ring substituents is 1. The van der Waals surface area contributed by atoms with E-state index in [0.29, 0.717) is 5.56 Å². The van der Waals surface area contributed by atoms with Gasteiger partial charge >= 0.3 is 5.97 Å². The van der Waals surface area contributed by atoms with Gasteiger partial charge in [0.25, 0.3) is 11.6 Å². The van der Waals surface area contributed by atoms with E-state index >= 15 is 0 Å². The number of nitro benzene ring substituents is 1. The van der Waals surface area contributed by atoms with Crippen LogP contribution in [-0.2, 0) is 27.2 Å². The van der Waals surface area contributed by atoms with E-state index < -0.39 is 22.9 Å². The van der Waals surface area contributed by atoms with Crippen LogP contribution in [-0.4, -0.2) is 28.7 Å². The third-order valence-corrected chi connectivity index (χ3v) is 5.40. The van der Waals surface area contributed by atoms with Crippen LogP contribution in [0.2, 0.25) is 5.02 Å². The molecule has 0 fully saturated rings. The number of esters is 1. The summed E-state index contributed by atoms with van der Waals surface area (Å²) >= 11 is 5.95. The monoisotopic (exact) mass is 444 g/mol. The summed E-state index contributed by atoms with van der Waals surface area (Å²) in [4.78, 5) is 47.0. The number of nitrogens with one attached hydrogen (secondary N) is 1. The summed E-state index contributed by atoms with van der Waals surface area (Å²) in [7, 11) is 0. The summed E-state index contributed by atoms with van der Waals surface area (Å²) in [6.45, 7) is 1.36. The lowest BCUT2D eigenvalue weighted by Gasteiger charge is -2.14. The number of amides is 1. The molecular weight excluding hydrogens is 424 g/mol. The normalized spacial score (nSPS) is 13.2. The molecule has 3 rings (SSSR count). The first-order valence-corrected chi connectivity index (χ1v) is 10.2. The number of halogens is 1. The van der Waals surface area contributed by atoms with Gasteiger partial charge in [-0.05, 0) is 49.4 Å². The molecule has 1 aliphatic carbocycles. The number of nitrogens with zero attached hydrogens (tertiary/aromatic N) is 1. The maximum absolute atomic E-state index is 12.4. The number of hydrogen-bond acceptors (Lipinski definition) is 6. The van der Waals surface area contributed by atoms with Crippen LogP contribution in [0.5, 0.6) is 0 Å². The van der Waals surface area contributed by atoms with Gasteiger partial charge in [0.05, 0.1) is 22.1 Å². The summed E-state index contributed by atoms with van der Waals surface area (Å²) in [6.07, 6.45) is 1.71. The molecule has 0 saturated carbocycles. The van der Waals surface area contributed by atoms with Gasteiger partial charge in [0.2, 0.25) is 0 Å². The van der Waals surface area contributed by atoms with Crippen molar-refractivity contribution in [3.05, 3.63) is 68.2 Å². The first-order chi connectivity index (χ1) is 14.7. The second-order valence-corrected chi connectivity index (χ2v) is 7.71. The first kappa shape index (κ1) is 22.4. The minimum absolute atomic E-state index is 0.0251. The van der Waals surface area contributed by atoms with Crippen LogP contribution in [0.4, 0.5) is 11.4 Å². The number of carbonyl (C=O) groups excluding carboxylic acids is 3. The van der Waals surface area contributed by atoms with Gasteiger partial charge in [-0.15, -0.1) is 0 Å². The second-order valence-electron chi connectivity index (χ2n) is 7.30. The fourth-order valence-electron chi connectivity index (χ4n) is 3.37. The number of rotatable bonds is 8. The Morgan fingerprint density at radius 3 is 2.61 bits per heavy atom. The molecule has 9 heteroatoms. The number of aryl methyl sites for hydroxylation is 2. The van der Waals surface area contributed by atoms with Crippen LogP contribution < -0.4 is 5.32 Å². The Hall–Kier alpha value is -3.26. The lowest BCUT2D eigenvalue weighted by molar-refractivity contribution is -0.384. The predicted octanol–water partition coefficient (Wildman–Crippen LogP) is 4.27. The summed E-state index contributed by atoms with van der Waals surface area (Å²) in [5.74, 6) is -1.55. The van der Waals surface area contributed by atoms with E-state index in [1.165, 1.54) is 30.2 Å². The fraction of sp³-hybridized carbons (Fsp3) is 0.318. The Labute approximate surface area is 183 Å². The van der Waals surface area contributed by atoms with Crippen molar-refractivity contribution >= 4 is 40.6 Å². The van der Waals surface area contributed by atoms with Crippen molar-refractivity contribution in [3.63, 3.8) is 0 Å². The molecule has 0 spiro atoms. The van der Waals surface area contributed by atoms with E-state index in [0.717, 1.165) is 25.3 Å². The molecule has 0 aliphatic heterocycles. The highest BCUT2D eigenvalue weighted by atomic mass is 35.5. The number of Topliss-reactive ketones (excluding diaryl/α,β-unsaturated/α-hetero) is 1. The van der Waals surface area contributed by atoms with E-state index in [1.54, 1.807) is 6.07 Å². The van der Waals surface area contributed by atoms with Gasteiger partial charge in [-0.3, -0.25) is 24.5 Å². The van der Waals surface area contributed by atoms with Crippen molar-refractivity contribution in [2.24, 2.45) is 0 Å². The van der Waals surface area contributed by atoms with Gasteiger partial charge < -0.3 is 10.1 Å². The first-order valence-electron chi connectivity index (χ1n) is 9.84. The number of carbonyl (C=O) groups is 3. The Morgan fingerprint density at radius 2 is 1.87 bits per heavy atom. The van der Waals surface area contributed by atoms with E-state index in [-0.39, 0.29) is 35.0 Å².